The van der Waals surface area contributed by atoms with E-state index in [0.29, 0.717) is 5.41 Å². The van der Waals surface area contributed by atoms with Crippen molar-refractivity contribution in [1.82, 2.24) is 10.2 Å². The van der Waals surface area contributed by atoms with Crippen LogP contribution in [-0.2, 0) is 0 Å². The van der Waals surface area contributed by atoms with Gasteiger partial charge in [-0.3, -0.25) is 0 Å². The Labute approximate surface area is 75.6 Å². The Kier molecular flexibility index (Phi) is 2.78. The zero-order valence-corrected chi connectivity index (χ0v) is 8.65. The molecule has 0 spiro atoms. The van der Waals surface area contributed by atoms with Crippen LogP contribution in [0.15, 0.2) is 11.8 Å². The highest BCUT2D eigenvalue weighted by Gasteiger charge is 2.20. The second kappa shape index (κ2) is 3.48. The van der Waals surface area contributed by atoms with Crippen LogP contribution in [-0.4, -0.2) is 31.6 Å². The predicted molar refractivity (Wildman–Crippen MR) is 53.0 cm³/mol. The number of nitrogens with zero attached hydrogens (tertiary/aromatic N) is 1. The van der Waals surface area contributed by atoms with E-state index in [2.05, 4.69) is 44.1 Å². The number of rotatable bonds is 0. The fraction of sp³-hybridized carbons (Fsp3) is 0.800. The van der Waals surface area contributed by atoms with E-state index in [1.54, 1.807) is 0 Å². The van der Waals surface area contributed by atoms with Gasteiger partial charge in [0.25, 0.3) is 0 Å². The van der Waals surface area contributed by atoms with E-state index < -0.39 is 0 Å². The number of hydrogen-bond donors (Lipinski definition) is 1. The molecule has 1 heterocycles. The molecule has 0 atom stereocenters. The molecule has 0 amide bonds. The Morgan fingerprint density at radius 1 is 1.50 bits per heavy atom. The molecule has 0 bridgehead atoms. The molecule has 0 radical (unpaired) electrons. The second-order valence-corrected chi connectivity index (χ2v) is 4.50. The topological polar surface area (TPSA) is 15.3 Å². The largest absolute Gasteiger partial charge is 0.378 e. The third-order valence-electron chi connectivity index (χ3n) is 2.41. The lowest BCUT2D eigenvalue weighted by Crippen LogP contribution is -2.40. The first-order valence-electron chi connectivity index (χ1n) is 4.60. The fourth-order valence-electron chi connectivity index (χ4n) is 1.61. The summed E-state index contributed by atoms with van der Waals surface area (Å²) in [5.74, 6) is 0. The first-order valence-corrected chi connectivity index (χ1v) is 4.60. The fourth-order valence-corrected chi connectivity index (χ4v) is 1.61. The van der Waals surface area contributed by atoms with Crippen molar-refractivity contribution in [1.29, 1.82) is 0 Å². The smallest absolute Gasteiger partial charge is 0.0235 e. The average molecular weight is 168 g/mol. The van der Waals surface area contributed by atoms with Crippen LogP contribution in [0.1, 0.15) is 20.8 Å². The van der Waals surface area contributed by atoms with Gasteiger partial charge in [0.1, 0.15) is 0 Å². The zero-order chi connectivity index (χ0) is 9.19. The monoisotopic (exact) mass is 168 g/mol. The van der Waals surface area contributed by atoms with Crippen LogP contribution in [0.4, 0.5) is 0 Å². The Morgan fingerprint density at radius 3 is 2.83 bits per heavy atom. The van der Waals surface area contributed by atoms with Crippen molar-refractivity contribution < 1.29 is 0 Å². The van der Waals surface area contributed by atoms with Gasteiger partial charge in [-0.15, -0.1) is 0 Å². The minimum absolute atomic E-state index is 0.379. The molecule has 1 N–H and O–H groups in total. The molecule has 2 heteroatoms. The zero-order valence-electron chi connectivity index (χ0n) is 8.65. The van der Waals surface area contributed by atoms with Gasteiger partial charge < -0.3 is 10.2 Å². The number of nitrogens with one attached hydrogen (secondary N) is 1. The predicted octanol–water partition coefficient (Wildman–Crippen LogP) is 1.45. The summed E-state index contributed by atoms with van der Waals surface area (Å²) in [6.07, 6.45) is 2.25. The van der Waals surface area contributed by atoms with Crippen LogP contribution in [0.2, 0.25) is 0 Å². The molecule has 1 aliphatic rings. The van der Waals surface area contributed by atoms with Crippen LogP contribution in [0.5, 0.6) is 0 Å². The standard InChI is InChI=1S/C10H20N2/c1-9-5-6-11-7-10(2,3)8-12(9)4/h5,11H,6-8H2,1-4H3. The molecule has 0 aliphatic carbocycles. The normalized spacial score (nSPS) is 24.3. The molecular formula is C10H20N2. The Morgan fingerprint density at radius 2 is 2.17 bits per heavy atom. The molecule has 0 saturated carbocycles. The maximum Gasteiger partial charge on any atom is 0.0235 e. The van der Waals surface area contributed by atoms with Gasteiger partial charge in [0.15, 0.2) is 0 Å². The molecule has 1 aliphatic heterocycles. The van der Waals surface area contributed by atoms with Gasteiger partial charge in [-0.2, -0.15) is 0 Å². The lowest BCUT2D eigenvalue weighted by atomic mass is 9.92. The van der Waals surface area contributed by atoms with E-state index >= 15 is 0 Å². The summed E-state index contributed by atoms with van der Waals surface area (Å²) in [4.78, 5) is 2.33. The summed E-state index contributed by atoms with van der Waals surface area (Å²) in [6, 6.07) is 0. The summed E-state index contributed by atoms with van der Waals surface area (Å²) in [5.41, 5.74) is 1.75. The Bertz CT molecular complexity index is 182. The lowest BCUT2D eigenvalue weighted by molar-refractivity contribution is 0.233. The van der Waals surface area contributed by atoms with Gasteiger partial charge in [-0.25, -0.2) is 0 Å². The minimum Gasteiger partial charge on any atom is -0.378 e. The Hall–Kier alpha value is -0.500. The van der Waals surface area contributed by atoms with Crippen molar-refractivity contribution in [2.45, 2.75) is 20.8 Å². The average Bonchev–Trinajstić information content (AvgIpc) is 1.95. The molecular weight excluding hydrogens is 148 g/mol. The van der Waals surface area contributed by atoms with Gasteiger partial charge in [0, 0.05) is 32.4 Å². The van der Waals surface area contributed by atoms with Crippen LogP contribution in [0.3, 0.4) is 0 Å². The molecule has 12 heavy (non-hydrogen) atoms. The van der Waals surface area contributed by atoms with E-state index in [4.69, 9.17) is 0 Å². The van der Waals surface area contributed by atoms with Crippen molar-refractivity contribution >= 4 is 0 Å². The molecule has 0 saturated heterocycles. The highest BCUT2D eigenvalue weighted by molar-refractivity contribution is 5.00. The SMILES string of the molecule is CC1=CCNCC(C)(C)CN1C. The number of allylic oxidation sites excluding steroid dienone is 1. The molecule has 0 aromatic carbocycles. The first-order chi connectivity index (χ1) is 5.51. The van der Waals surface area contributed by atoms with Crippen LogP contribution < -0.4 is 5.32 Å². The molecule has 2 nitrogen and oxygen atoms in total. The summed E-state index contributed by atoms with van der Waals surface area (Å²) < 4.78 is 0. The van der Waals surface area contributed by atoms with Gasteiger partial charge >= 0.3 is 0 Å². The van der Waals surface area contributed by atoms with Crippen molar-refractivity contribution in [3.63, 3.8) is 0 Å². The lowest BCUT2D eigenvalue weighted by Gasteiger charge is -2.34. The van der Waals surface area contributed by atoms with Gasteiger partial charge in [0.05, 0.1) is 0 Å². The highest BCUT2D eigenvalue weighted by atomic mass is 15.1. The summed E-state index contributed by atoms with van der Waals surface area (Å²) >= 11 is 0. The first kappa shape index (κ1) is 9.59. The summed E-state index contributed by atoms with van der Waals surface area (Å²) in [5, 5.41) is 3.43. The Balaban J connectivity index is 2.67. The summed E-state index contributed by atoms with van der Waals surface area (Å²) in [7, 11) is 2.17. The van der Waals surface area contributed by atoms with Crippen LogP contribution in [0, 0.1) is 5.41 Å². The van der Waals surface area contributed by atoms with Crippen molar-refractivity contribution in [2.75, 3.05) is 26.7 Å². The molecule has 70 valence electrons. The third-order valence-corrected chi connectivity index (χ3v) is 2.41. The molecule has 0 aromatic rings. The van der Waals surface area contributed by atoms with E-state index in [1.165, 1.54) is 5.70 Å². The van der Waals surface area contributed by atoms with E-state index in [9.17, 15) is 0 Å². The third kappa shape index (κ3) is 2.52. The molecule has 1 rings (SSSR count). The van der Waals surface area contributed by atoms with Crippen molar-refractivity contribution in [3.05, 3.63) is 11.8 Å². The van der Waals surface area contributed by atoms with E-state index in [0.717, 1.165) is 19.6 Å². The van der Waals surface area contributed by atoms with E-state index in [-0.39, 0.29) is 0 Å². The van der Waals surface area contributed by atoms with Crippen LogP contribution >= 0.6 is 0 Å². The highest BCUT2D eigenvalue weighted by Crippen LogP contribution is 2.18. The van der Waals surface area contributed by atoms with E-state index in [1.807, 2.05) is 0 Å². The second-order valence-electron chi connectivity index (χ2n) is 4.50. The maximum absolute atomic E-state index is 3.43. The van der Waals surface area contributed by atoms with Crippen LogP contribution in [0.25, 0.3) is 0 Å². The summed E-state index contributed by atoms with van der Waals surface area (Å²) in [6.45, 7) is 10.00. The van der Waals surface area contributed by atoms with Gasteiger partial charge in [-0.1, -0.05) is 19.9 Å². The van der Waals surface area contributed by atoms with Crippen molar-refractivity contribution in [3.8, 4) is 0 Å². The number of hydrogen-bond acceptors (Lipinski definition) is 2. The van der Waals surface area contributed by atoms with Gasteiger partial charge in [0.2, 0.25) is 0 Å². The molecule has 0 aromatic heterocycles. The molecule has 0 unspecified atom stereocenters. The quantitative estimate of drug-likeness (QED) is 0.589. The minimum atomic E-state index is 0.379. The molecule has 0 fully saturated rings. The maximum atomic E-state index is 3.43. The van der Waals surface area contributed by atoms with Crippen molar-refractivity contribution in [2.24, 2.45) is 5.41 Å². The van der Waals surface area contributed by atoms with Gasteiger partial charge in [-0.05, 0) is 12.3 Å².